The number of rotatable bonds is 4. The van der Waals surface area contributed by atoms with Crippen LogP contribution in [0.3, 0.4) is 0 Å². The maximum absolute atomic E-state index is 5.73. The van der Waals surface area contributed by atoms with Crippen molar-refractivity contribution in [2.24, 2.45) is 0 Å². The molecule has 0 radical (unpaired) electrons. The van der Waals surface area contributed by atoms with E-state index in [0.717, 1.165) is 36.1 Å². The molecule has 1 N–H and O–H groups in total. The zero-order valence-electron chi connectivity index (χ0n) is 12.4. The Morgan fingerprint density at radius 3 is 2.81 bits per heavy atom. The van der Waals surface area contributed by atoms with Gasteiger partial charge in [-0.15, -0.1) is 11.3 Å². The van der Waals surface area contributed by atoms with Crippen LogP contribution in [0.15, 0.2) is 29.8 Å². The van der Waals surface area contributed by atoms with Gasteiger partial charge in [0.05, 0.1) is 18.8 Å². The Labute approximate surface area is 129 Å². The molecule has 3 rings (SSSR count). The van der Waals surface area contributed by atoms with Crippen molar-refractivity contribution in [1.82, 2.24) is 10.3 Å². The molecule has 5 heteroatoms. The average Bonchev–Trinajstić information content (AvgIpc) is 2.92. The summed E-state index contributed by atoms with van der Waals surface area (Å²) >= 11 is 1.67. The molecule has 0 atom stereocenters. The second-order valence-corrected chi connectivity index (χ2v) is 6.54. The molecule has 1 aliphatic heterocycles. The van der Waals surface area contributed by atoms with Gasteiger partial charge in [0, 0.05) is 24.5 Å². The lowest BCUT2D eigenvalue weighted by Crippen LogP contribution is -2.35. The summed E-state index contributed by atoms with van der Waals surface area (Å²) in [5, 5.41) is 6.65. The first-order chi connectivity index (χ1) is 10.1. The topological polar surface area (TPSA) is 43.4 Å². The van der Waals surface area contributed by atoms with E-state index in [1.165, 1.54) is 5.56 Å². The van der Waals surface area contributed by atoms with Gasteiger partial charge in [-0.1, -0.05) is 6.07 Å². The van der Waals surface area contributed by atoms with Gasteiger partial charge in [-0.3, -0.25) is 0 Å². The van der Waals surface area contributed by atoms with Crippen LogP contribution in [-0.2, 0) is 12.1 Å². The van der Waals surface area contributed by atoms with Crippen LogP contribution in [0.4, 0.5) is 0 Å². The number of aromatic nitrogens is 1. The monoisotopic (exact) mass is 304 g/mol. The van der Waals surface area contributed by atoms with Gasteiger partial charge in [0.2, 0.25) is 0 Å². The molecule has 0 unspecified atom stereocenters. The van der Waals surface area contributed by atoms with E-state index in [-0.39, 0.29) is 5.54 Å². The molecule has 21 heavy (non-hydrogen) atoms. The summed E-state index contributed by atoms with van der Waals surface area (Å²) in [4.78, 5) is 4.39. The van der Waals surface area contributed by atoms with E-state index < -0.39 is 0 Å². The molecule has 1 aliphatic rings. The van der Waals surface area contributed by atoms with Crippen molar-refractivity contribution in [3.05, 3.63) is 40.3 Å². The maximum atomic E-state index is 5.73. The van der Waals surface area contributed by atoms with Crippen molar-refractivity contribution < 1.29 is 9.47 Å². The van der Waals surface area contributed by atoms with Gasteiger partial charge < -0.3 is 14.8 Å². The first-order valence-electron chi connectivity index (χ1n) is 7.19. The molecule has 0 spiro atoms. The number of nitrogens with one attached hydrogen (secondary N) is 1. The quantitative estimate of drug-likeness (QED) is 0.941. The summed E-state index contributed by atoms with van der Waals surface area (Å²) in [7, 11) is 0. The van der Waals surface area contributed by atoms with Gasteiger partial charge >= 0.3 is 0 Å². The van der Waals surface area contributed by atoms with Crippen LogP contribution in [-0.4, -0.2) is 18.2 Å². The third-order valence-corrected chi connectivity index (χ3v) is 4.61. The van der Waals surface area contributed by atoms with Gasteiger partial charge in [0.1, 0.15) is 5.01 Å². The molecular formula is C16H20N2O2S. The van der Waals surface area contributed by atoms with E-state index >= 15 is 0 Å². The van der Waals surface area contributed by atoms with Gasteiger partial charge in [-0.25, -0.2) is 4.98 Å². The zero-order valence-corrected chi connectivity index (χ0v) is 13.2. The SMILES string of the molecule is CC(C)(NCc1ccc2c(c1)OCCCO2)c1nccs1. The van der Waals surface area contributed by atoms with Gasteiger partial charge in [-0.2, -0.15) is 0 Å². The van der Waals surface area contributed by atoms with Crippen LogP contribution in [0.1, 0.15) is 30.8 Å². The predicted octanol–water partition coefficient (Wildman–Crippen LogP) is 3.33. The van der Waals surface area contributed by atoms with Crippen LogP contribution in [0.25, 0.3) is 0 Å². The summed E-state index contributed by atoms with van der Waals surface area (Å²) in [6.07, 6.45) is 2.77. The lowest BCUT2D eigenvalue weighted by Gasteiger charge is -2.24. The molecule has 0 aliphatic carbocycles. The summed E-state index contributed by atoms with van der Waals surface area (Å²) in [5.74, 6) is 1.69. The van der Waals surface area contributed by atoms with Crippen LogP contribution < -0.4 is 14.8 Å². The van der Waals surface area contributed by atoms with E-state index in [1.54, 1.807) is 11.3 Å². The van der Waals surface area contributed by atoms with Crippen LogP contribution in [0.2, 0.25) is 0 Å². The highest BCUT2D eigenvalue weighted by Gasteiger charge is 2.22. The fraction of sp³-hybridized carbons (Fsp3) is 0.438. The number of fused-ring (bicyclic) bond motifs is 1. The predicted molar refractivity (Wildman–Crippen MR) is 84.0 cm³/mol. The fourth-order valence-electron chi connectivity index (χ4n) is 2.25. The highest BCUT2D eigenvalue weighted by atomic mass is 32.1. The van der Waals surface area contributed by atoms with Crippen LogP contribution >= 0.6 is 11.3 Å². The van der Waals surface area contributed by atoms with E-state index in [1.807, 2.05) is 17.6 Å². The van der Waals surface area contributed by atoms with Crippen molar-refractivity contribution >= 4 is 11.3 Å². The second-order valence-electron chi connectivity index (χ2n) is 5.65. The Kier molecular flexibility index (Phi) is 4.12. The van der Waals surface area contributed by atoms with E-state index in [0.29, 0.717) is 6.61 Å². The van der Waals surface area contributed by atoms with E-state index in [9.17, 15) is 0 Å². The lowest BCUT2D eigenvalue weighted by atomic mass is 10.1. The molecule has 0 fully saturated rings. The Hall–Kier alpha value is -1.59. The normalized spacial score (nSPS) is 14.8. The zero-order chi connectivity index (χ0) is 14.7. The number of benzene rings is 1. The fourth-order valence-corrected chi connectivity index (χ4v) is 2.99. The smallest absolute Gasteiger partial charge is 0.161 e. The second kappa shape index (κ2) is 6.03. The molecule has 1 aromatic carbocycles. The Morgan fingerprint density at radius 1 is 1.24 bits per heavy atom. The first-order valence-corrected chi connectivity index (χ1v) is 8.07. The third kappa shape index (κ3) is 3.36. The standard InChI is InChI=1S/C16H20N2O2S/c1-16(2,15-17-6-9-21-15)18-11-12-4-5-13-14(10-12)20-8-3-7-19-13/h4-6,9-10,18H,3,7-8,11H2,1-2H3. The Bertz CT molecular complexity index is 596. The third-order valence-electron chi connectivity index (χ3n) is 3.51. The first kappa shape index (κ1) is 14.4. The number of ether oxygens (including phenoxy) is 2. The summed E-state index contributed by atoms with van der Waals surface area (Å²) in [6.45, 7) is 6.50. The Morgan fingerprint density at radius 2 is 2.05 bits per heavy atom. The number of hydrogen-bond acceptors (Lipinski definition) is 5. The van der Waals surface area contributed by atoms with Crippen LogP contribution in [0, 0.1) is 0 Å². The number of thiazole rings is 1. The molecule has 0 saturated heterocycles. The number of hydrogen-bond donors (Lipinski definition) is 1. The van der Waals surface area contributed by atoms with Gasteiger partial charge in [0.25, 0.3) is 0 Å². The van der Waals surface area contributed by atoms with Crippen molar-refractivity contribution in [3.63, 3.8) is 0 Å². The van der Waals surface area contributed by atoms with Crippen LogP contribution in [0.5, 0.6) is 11.5 Å². The lowest BCUT2D eigenvalue weighted by molar-refractivity contribution is 0.297. The molecular weight excluding hydrogens is 284 g/mol. The molecule has 2 heterocycles. The highest BCUT2D eigenvalue weighted by Crippen LogP contribution is 2.31. The summed E-state index contributed by atoms with van der Waals surface area (Å²) < 4.78 is 11.4. The summed E-state index contributed by atoms with van der Waals surface area (Å²) in [5.41, 5.74) is 1.04. The minimum absolute atomic E-state index is 0.141. The van der Waals surface area contributed by atoms with Crippen molar-refractivity contribution in [3.8, 4) is 11.5 Å². The molecule has 0 saturated carbocycles. The van der Waals surface area contributed by atoms with E-state index in [4.69, 9.17) is 9.47 Å². The maximum Gasteiger partial charge on any atom is 0.161 e. The largest absolute Gasteiger partial charge is 0.490 e. The van der Waals surface area contributed by atoms with Crippen molar-refractivity contribution in [1.29, 1.82) is 0 Å². The summed E-state index contributed by atoms with van der Waals surface area (Å²) in [6, 6.07) is 6.14. The minimum Gasteiger partial charge on any atom is -0.490 e. The Balaban J connectivity index is 1.69. The van der Waals surface area contributed by atoms with E-state index in [2.05, 4.69) is 36.3 Å². The number of nitrogens with zero attached hydrogens (tertiary/aromatic N) is 1. The molecule has 4 nitrogen and oxygen atoms in total. The minimum atomic E-state index is -0.141. The molecule has 2 aromatic rings. The average molecular weight is 304 g/mol. The van der Waals surface area contributed by atoms with Crippen molar-refractivity contribution in [2.45, 2.75) is 32.4 Å². The van der Waals surface area contributed by atoms with Gasteiger partial charge in [-0.05, 0) is 31.5 Å². The molecule has 0 bridgehead atoms. The molecule has 0 amide bonds. The molecule has 112 valence electrons. The van der Waals surface area contributed by atoms with Gasteiger partial charge in [0.15, 0.2) is 11.5 Å². The molecule has 1 aromatic heterocycles. The highest BCUT2D eigenvalue weighted by molar-refractivity contribution is 7.09. The van der Waals surface area contributed by atoms with Crippen molar-refractivity contribution in [2.75, 3.05) is 13.2 Å².